The molecule has 3 aromatic rings. The molecular formula is C27H32N4O3S. The van der Waals surface area contributed by atoms with E-state index in [0.717, 1.165) is 42.0 Å². The summed E-state index contributed by atoms with van der Waals surface area (Å²) < 4.78 is 13.4. The number of allylic oxidation sites excluding steroid dienone is 1. The Morgan fingerprint density at radius 2 is 1.86 bits per heavy atom. The monoisotopic (exact) mass is 492 g/mol. The van der Waals surface area contributed by atoms with E-state index in [0.29, 0.717) is 29.9 Å². The van der Waals surface area contributed by atoms with Crippen molar-refractivity contribution in [3.8, 4) is 5.75 Å². The first-order valence-electron chi connectivity index (χ1n) is 12.1. The van der Waals surface area contributed by atoms with Gasteiger partial charge in [-0.15, -0.1) is 5.10 Å². The molecule has 0 fully saturated rings. The van der Waals surface area contributed by atoms with Crippen molar-refractivity contribution < 1.29 is 14.3 Å². The lowest BCUT2D eigenvalue weighted by molar-refractivity contribution is -0.139. The zero-order chi connectivity index (χ0) is 24.6. The maximum absolute atomic E-state index is 13.1. The van der Waals surface area contributed by atoms with Crippen LogP contribution in [0.3, 0.4) is 0 Å². The van der Waals surface area contributed by atoms with Crippen molar-refractivity contribution in [2.24, 2.45) is 0 Å². The number of nitrogens with zero attached hydrogens (tertiary/aromatic N) is 3. The maximum atomic E-state index is 13.1. The number of hydrogen-bond acceptors (Lipinski definition) is 7. The van der Waals surface area contributed by atoms with Gasteiger partial charge in [0.1, 0.15) is 11.8 Å². The maximum Gasteiger partial charge on any atom is 0.338 e. The van der Waals surface area contributed by atoms with Gasteiger partial charge in [-0.1, -0.05) is 74.5 Å². The first-order chi connectivity index (χ1) is 17.1. The molecule has 7 nitrogen and oxygen atoms in total. The molecule has 0 bridgehead atoms. The molecule has 0 spiro atoms. The molecule has 8 heteroatoms. The molecule has 2 aromatic carbocycles. The van der Waals surface area contributed by atoms with E-state index in [1.807, 2.05) is 49.4 Å². The predicted octanol–water partition coefficient (Wildman–Crippen LogP) is 5.64. The quantitative estimate of drug-likeness (QED) is 0.211. The average molecular weight is 493 g/mol. The van der Waals surface area contributed by atoms with Gasteiger partial charge in [-0.05, 0) is 42.4 Å². The number of nitrogens with one attached hydrogen (secondary N) is 1. The standard InChI is InChI=1S/C27H32N4O3S/c1-4-6-17-34-25(32)23-19(3)28-26-29-27(35-5-2)30-31(26)24(23)21-12-14-22(15-13-21)33-18-16-20-10-8-7-9-11-20/h7-15,24H,4-6,16-18H2,1-3H3,(H,28,29,30). The van der Waals surface area contributed by atoms with Crippen molar-refractivity contribution in [1.29, 1.82) is 0 Å². The first kappa shape index (κ1) is 24.9. The molecule has 1 N–H and O–H groups in total. The number of benzene rings is 2. The first-order valence-corrected chi connectivity index (χ1v) is 13.1. The lowest BCUT2D eigenvalue weighted by Gasteiger charge is -2.28. The van der Waals surface area contributed by atoms with E-state index in [9.17, 15) is 4.79 Å². The number of carbonyl (C=O) groups is 1. The molecular weight excluding hydrogens is 460 g/mol. The van der Waals surface area contributed by atoms with Crippen molar-refractivity contribution in [3.63, 3.8) is 0 Å². The molecule has 1 aliphatic heterocycles. The second-order valence-corrected chi connectivity index (χ2v) is 9.54. The van der Waals surface area contributed by atoms with E-state index >= 15 is 0 Å². The Kier molecular flexibility index (Phi) is 8.47. The molecule has 0 radical (unpaired) electrons. The van der Waals surface area contributed by atoms with E-state index < -0.39 is 6.04 Å². The molecule has 4 rings (SSSR count). The van der Waals surface area contributed by atoms with Crippen LogP contribution in [0, 0.1) is 0 Å². The van der Waals surface area contributed by atoms with Gasteiger partial charge in [-0.2, -0.15) is 4.98 Å². The van der Waals surface area contributed by atoms with Gasteiger partial charge in [0.15, 0.2) is 0 Å². The molecule has 1 unspecified atom stereocenters. The smallest absolute Gasteiger partial charge is 0.338 e. The van der Waals surface area contributed by atoms with Crippen LogP contribution in [0.15, 0.2) is 71.0 Å². The van der Waals surface area contributed by atoms with Crippen LogP contribution in [0.2, 0.25) is 0 Å². The third-order valence-corrected chi connectivity index (χ3v) is 6.48. The number of anilines is 1. The molecule has 0 saturated heterocycles. The minimum absolute atomic E-state index is 0.331. The van der Waals surface area contributed by atoms with Gasteiger partial charge in [0.25, 0.3) is 0 Å². The third kappa shape index (κ3) is 6.06. The highest BCUT2D eigenvalue weighted by atomic mass is 32.2. The van der Waals surface area contributed by atoms with E-state index in [1.54, 1.807) is 16.4 Å². The van der Waals surface area contributed by atoms with Crippen molar-refractivity contribution in [2.45, 2.75) is 51.2 Å². The normalized spacial score (nSPS) is 14.9. The Morgan fingerprint density at radius 3 is 2.57 bits per heavy atom. The summed E-state index contributed by atoms with van der Waals surface area (Å²) in [4.78, 5) is 17.8. The van der Waals surface area contributed by atoms with Gasteiger partial charge in [0.05, 0.1) is 18.8 Å². The van der Waals surface area contributed by atoms with Crippen molar-refractivity contribution in [3.05, 3.63) is 77.0 Å². The fourth-order valence-electron chi connectivity index (χ4n) is 3.96. The summed E-state index contributed by atoms with van der Waals surface area (Å²) in [5, 5.41) is 8.62. The summed E-state index contributed by atoms with van der Waals surface area (Å²) in [5.74, 6) is 1.94. The van der Waals surface area contributed by atoms with E-state index in [-0.39, 0.29) is 5.97 Å². The number of hydrogen-bond donors (Lipinski definition) is 1. The minimum atomic E-state index is -0.433. The summed E-state index contributed by atoms with van der Waals surface area (Å²) in [6.45, 7) is 7.01. The Hall–Kier alpha value is -3.26. The zero-order valence-corrected chi connectivity index (χ0v) is 21.3. The van der Waals surface area contributed by atoms with Gasteiger partial charge in [0, 0.05) is 12.1 Å². The fraction of sp³-hybridized carbons (Fsp3) is 0.370. The SMILES string of the molecule is CCCCOC(=O)C1=C(C)Nc2nc(SCC)nn2C1c1ccc(OCCc2ccccc2)cc1. The predicted molar refractivity (Wildman–Crippen MR) is 139 cm³/mol. The van der Waals surface area contributed by atoms with Crippen LogP contribution in [-0.2, 0) is 16.0 Å². The minimum Gasteiger partial charge on any atom is -0.493 e. The number of carbonyl (C=O) groups excluding carboxylic acids is 1. The van der Waals surface area contributed by atoms with Gasteiger partial charge >= 0.3 is 5.97 Å². The van der Waals surface area contributed by atoms with Crippen LogP contribution < -0.4 is 10.1 Å². The number of esters is 1. The summed E-state index contributed by atoms with van der Waals surface area (Å²) in [6.07, 6.45) is 2.63. The highest BCUT2D eigenvalue weighted by Crippen LogP contribution is 2.37. The molecule has 2 heterocycles. The van der Waals surface area contributed by atoms with Gasteiger partial charge in [-0.3, -0.25) is 0 Å². The summed E-state index contributed by atoms with van der Waals surface area (Å²) >= 11 is 1.57. The van der Waals surface area contributed by atoms with Crippen LogP contribution in [0.1, 0.15) is 50.8 Å². The van der Waals surface area contributed by atoms with Crippen molar-refractivity contribution >= 4 is 23.7 Å². The highest BCUT2D eigenvalue weighted by Gasteiger charge is 2.35. The third-order valence-electron chi connectivity index (χ3n) is 5.76. The number of unbranched alkanes of at least 4 members (excludes halogenated alkanes) is 1. The molecule has 184 valence electrons. The van der Waals surface area contributed by atoms with E-state index in [1.165, 1.54) is 5.56 Å². The van der Waals surface area contributed by atoms with E-state index in [2.05, 4.69) is 36.3 Å². The molecule has 35 heavy (non-hydrogen) atoms. The molecule has 0 amide bonds. The largest absolute Gasteiger partial charge is 0.493 e. The Morgan fingerprint density at radius 1 is 1.09 bits per heavy atom. The topological polar surface area (TPSA) is 78.3 Å². The number of fused-ring (bicyclic) bond motifs is 1. The lowest BCUT2D eigenvalue weighted by Crippen LogP contribution is -2.29. The van der Waals surface area contributed by atoms with Crippen LogP contribution in [0.5, 0.6) is 5.75 Å². The second kappa shape index (κ2) is 11.9. The van der Waals surface area contributed by atoms with Crippen LogP contribution in [0.25, 0.3) is 0 Å². The van der Waals surface area contributed by atoms with Crippen LogP contribution >= 0.6 is 11.8 Å². The van der Waals surface area contributed by atoms with Crippen LogP contribution in [-0.4, -0.2) is 39.7 Å². The molecule has 1 aliphatic rings. The highest BCUT2D eigenvalue weighted by molar-refractivity contribution is 7.99. The Bertz CT molecular complexity index is 1160. The summed E-state index contributed by atoms with van der Waals surface area (Å²) in [5.41, 5.74) is 3.44. The zero-order valence-electron chi connectivity index (χ0n) is 20.5. The molecule has 1 atom stereocenters. The number of aromatic nitrogens is 3. The molecule has 0 saturated carbocycles. The van der Waals surface area contributed by atoms with Crippen LogP contribution in [0.4, 0.5) is 5.95 Å². The van der Waals surface area contributed by atoms with Gasteiger partial charge in [0.2, 0.25) is 11.1 Å². The molecule has 1 aromatic heterocycles. The lowest BCUT2D eigenvalue weighted by atomic mass is 9.96. The Labute approximate surface area is 210 Å². The average Bonchev–Trinajstić information content (AvgIpc) is 3.26. The van der Waals surface area contributed by atoms with E-state index in [4.69, 9.17) is 14.6 Å². The summed E-state index contributed by atoms with van der Waals surface area (Å²) in [6, 6.07) is 17.7. The van der Waals surface area contributed by atoms with Gasteiger partial charge < -0.3 is 14.8 Å². The molecule has 0 aliphatic carbocycles. The fourth-order valence-corrected chi connectivity index (χ4v) is 4.51. The van der Waals surface area contributed by atoms with Crippen molar-refractivity contribution in [2.75, 3.05) is 24.3 Å². The summed E-state index contributed by atoms with van der Waals surface area (Å²) in [7, 11) is 0. The number of thioether (sulfide) groups is 1. The Balaban J connectivity index is 1.56. The second-order valence-electron chi connectivity index (χ2n) is 8.30. The number of ether oxygens (including phenoxy) is 2. The number of rotatable bonds is 11. The van der Waals surface area contributed by atoms with Crippen molar-refractivity contribution in [1.82, 2.24) is 14.8 Å². The van der Waals surface area contributed by atoms with Gasteiger partial charge in [-0.25, -0.2) is 9.48 Å².